The Kier molecular flexibility index (Phi) is 5.04. The van der Waals surface area contributed by atoms with Crippen molar-refractivity contribution in [1.82, 2.24) is 15.1 Å². The number of aromatic nitrogens is 2. The van der Waals surface area contributed by atoms with E-state index in [0.717, 1.165) is 21.0 Å². The van der Waals surface area contributed by atoms with Crippen molar-refractivity contribution in [3.05, 3.63) is 75.2 Å². The summed E-state index contributed by atoms with van der Waals surface area (Å²) in [5.41, 5.74) is 1.58. The Morgan fingerprint density at radius 2 is 1.93 bits per heavy atom. The van der Waals surface area contributed by atoms with Crippen LogP contribution in [0.25, 0.3) is 10.8 Å². The average molecular weight is 360 g/mol. The van der Waals surface area contributed by atoms with Crippen molar-refractivity contribution in [2.24, 2.45) is 0 Å². The number of benzene rings is 2. The van der Waals surface area contributed by atoms with Crippen molar-refractivity contribution in [2.75, 3.05) is 0 Å². The van der Waals surface area contributed by atoms with Crippen molar-refractivity contribution in [3.63, 3.8) is 0 Å². The second-order valence-corrected chi connectivity index (χ2v) is 6.52. The zero-order valence-electron chi connectivity index (χ0n) is 15.5. The fourth-order valence-electron chi connectivity index (χ4n) is 3.14. The second-order valence-electron chi connectivity index (χ2n) is 6.52. The molecular weight excluding hydrogens is 340 g/mol. The van der Waals surface area contributed by atoms with Gasteiger partial charge in [0, 0.05) is 0 Å². The van der Waals surface area contributed by atoms with Gasteiger partial charge in [-0.05, 0) is 42.7 Å². The highest BCUT2D eigenvalue weighted by molar-refractivity contribution is 5.86. The van der Waals surface area contributed by atoms with Gasteiger partial charge in [0.1, 0.15) is 18.2 Å². The summed E-state index contributed by atoms with van der Waals surface area (Å²) < 4.78 is 1.05. The van der Waals surface area contributed by atoms with E-state index in [9.17, 15) is 14.9 Å². The van der Waals surface area contributed by atoms with Gasteiger partial charge in [-0.15, -0.1) is 0 Å². The number of hydrogen-bond acceptors (Lipinski definition) is 4. The number of amides is 1. The smallest absolute Gasteiger partial charge is 0.285 e. The Morgan fingerprint density at radius 1 is 1.22 bits per heavy atom. The van der Waals surface area contributed by atoms with Crippen LogP contribution in [-0.4, -0.2) is 15.7 Å². The van der Waals surface area contributed by atoms with E-state index in [-0.39, 0.29) is 24.1 Å². The molecule has 0 aliphatic rings. The number of aryl methyl sites for hydroxylation is 1. The first-order valence-electron chi connectivity index (χ1n) is 8.67. The molecule has 1 N–H and O–H groups in total. The lowest BCUT2D eigenvalue weighted by Gasteiger charge is -2.17. The number of carbonyl (C=O) groups excluding carboxylic acids is 1. The van der Waals surface area contributed by atoms with Gasteiger partial charge in [0.05, 0.1) is 11.7 Å². The van der Waals surface area contributed by atoms with Gasteiger partial charge in [0.25, 0.3) is 5.56 Å². The largest absolute Gasteiger partial charge is 0.348 e. The maximum atomic E-state index is 12.5. The summed E-state index contributed by atoms with van der Waals surface area (Å²) in [5, 5.41) is 18.4. The number of carbonyl (C=O) groups is 1. The molecule has 0 saturated carbocycles. The topological polar surface area (TPSA) is 87.8 Å². The lowest BCUT2D eigenvalue weighted by Crippen LogP contribution is -2.36. The molecular formula is C21H20N4O2. The van der Waals surface area contributed by atoms with Gasteiger partial charge >= 0.3 is 0 Å². The van der Waals surface area contributed by atoms with Gasteiger partial charge in [0.2, 0.25) is 5.91 Å². The fraction of sp³-hybridized carbons (Fsp3) is 0.238. The van der Waals surface area contributed by atoms with Gasteiger partial charge < -0.3 is 5.32 Å². The van der Waals surface area contributed by atoms with E-state index in [1.54, 1.807) is 13.8 Å². The third-order valence-corrected chi connectivity index (χ3v) is 4.71. The lowest BCUT2D eigenvalue weighted by atomic mass is 10.00. The molecule has 1 aromatic heterocycles. The fourth-order valence-corrected chi connectivity index (χ4v) is 3.14. The minimum Gasteiger partial charge on any atom is -0.348 e. The molecule has 0 saturated heterocycles. The van der Waals surface area contributed by atoms with Gasteiger partial charge in [-0.3, -0.25) is 9.59 Å². The Bertz CT molecular complexity index is 1120. The molecule has 0 radical (unpaired) electrons. The minimum atomic E-state index is -0.548. The number of fused-ring (bicyclic) bond motifs is 1. The highest BCUT2D eigenvalue weighted by Gasteiger charge is 2.16. The van der Waals surface area contributed by atoms with Crippen molar-refractivity contribution in [1.29, 1.82) is 5.26 Å². The van der Waals surface area contributed by atoms with Gasteiger partial charge in [-0.1, -0.05) is 42.5 Å². The Labute approximate surface area is 157 Å². The van der Waals surface area contributed by atoms with E-state index in [4.69, 9.17) is 0 Å². The van der Waals surface area contributed by atoms with Crippen LogP contribution in [0.1, 0.15) is 35.3 Å². The van der Waals surface area contributed by atoms with E-state index in [0.29, 0.717) is 11.3 Å². The third kappa shape index (κ3) is 3.58. The maximum absolute atomic E-state index is 12.5. The van der Waals surface area contributed by atoms with E-state index in [2.05, 4.69) is 10.4 Å². The van der Waals surface area contributed by atoms with Crippen LogP contribution < -0.4 is 10.9 Å². The normalized spacial score (nSPS) is 11.8. The second kappa shape index (κ2) is 7.42. The van der Waals surface area contributed by atoms with Crippen LogP contribution in [0.5, 0.6) is 0 Å². The summed E-state index contributed by atoms with van der Waals surface area (Å²) in [6.45, 7) is 5.05. The van der Waals surface area contributed by atoms with Crippen molar-refractivity contribution in [2.45, 2.75) is 33.4 Å². The highest BCUT2D eigenvalue weighted by Crippen LogP contribution is 2.23. The van der Waals surface area contributed by atoms with E-state index < -0.39 is 5.56 Å². The number of nitrogens with zero attached hydrogens (tertiary/aromatic N) is 3. The van der Waals surface area contributed by atoms with Crippen LogP contribution in [0, 0.1) is 25.2 Å². The molecule has 2 aromatic carbocycles. The van der Waals surface area contributed by atoms with Crippen LogP contribution in [-0.2, 0) is 11.3 Å². The lowest BCUT2D eigenvalue weighted by molar-refractivity contribution is -0.122. The number of hydrogen-bond donors (Lipinski definition) is 1. The summed E-state index contributed by atoms with van der Waals surface area (Å²) >= 11 is 0. The Balaban J connectivity index is 1.83. The first-order chi connectivity index (χ1) is 12.9. The molecule has 0 aliphatic heterocycles. The molecule has 0 unspecified atom stereocenters. The SMILES string of the molecule is Cc1nn(CC(=O)N[C@H](C)c2cccc3ccccc23)c(=O)c(C#N)c1C. The maximum Gasteiger partial charge on any atom is 0.285 e. The van der Waals surface area contributed by atoms with Crippen LogP contribution >= 0.6 is 0 Å². The van der Waals surface area contributed by atoms with Crippen LogP contribution in [0.4, 0.5) is 0 Å². The van der Waals surface area contributed by atoms with Crippen LogP contribution in [0.15, 0.2) is 47.3 Å². The molecule has 3 aromatic rings. The van der Waals surface area contributed by atoms with Crippen LogP contribution in [0.3, 0.4) is 0 Å². The summed E-state index contributed by atoms with van der Waals surface area (Å²) in [7, 11) is 0. The molecule has 1 atom stereocenters. The number of rotatable bonds is 4. The summed E-state index contributed by atoms with van der Waals surface area (Å²) in [6, 6.07) is 15.6. The monoisotopic (exact) mass is 360 g/mol. The van der Waals surface area contributed by atoms with Gasteiger partial charge in [-0.25, -0.2) is 4.68 Å². The van der Waals surface area contributed by atoms with E-state index in [1.807, 2.05) is 55.5 Å². The molecule has 1 heterocycles. The zero-order valence-corrected chi connectivity index (χ0v) is 15.5. The molecule has 3 rings (SSSR count). The van der Waals surface area contributed by atoms with Gasteiger partial charge in [0.15, 0.2) is 0 Å². The zero-order chi connectivity index (χ0) is 19.6. The predicted octanol–water partition coefficient (Wildman–Crippen LogP) is 2.76. The highest BCUT2D eigenvalue weighted by atomic mass is 16.2. The average Bonchev–Trinajstić information content (AvgIpc) is 2.66. The predicted molar refractivity (Wildman–Crippen MR) is 103 cm³/mol. The van der Waals surface area contributed by atoms with Crippen molar-refractivity contribution >= 4 is 16.7 Å². The molecule has 0 bridgehead atoms. The molecule has 6 heteroatoms. The first kappa shape index (κ1) is 18.3. The van der Waals surface area contributed by atoms with Crippen molar-refractivity contribution in [3.8, 4) is 6.07 Å². The summed E-state index contributed by atoms with van der Waals surface area (Å²) in [4.78, 5) is 24.8. The molecule has 1 amide bonds. The standard InChI is InChI=1S/C21H20N4O2/c1-13-14(2)24-25(21(27)19(13)11-22)12-20(26)23-15(3)17-10-6-8-16-7-4-5-9-18(16)17/h4-10,15H,12H2,1-3H3,(H,23,26)/t15-/m1/s1. The quantitative estimate of drug-likeness (QED) is 0.775. The summed E-state index contributed by atoms with van der Waals surface area (Å²) in [6.07, 6.45) is 0. The minimum absolute atomic E-state index is 0.0254. The molecule has 6 nitrogen and oxygen atoms in total. The molecule has 0 aliphatic carbocycles. The van der Waals surface area contributed by atoms with E-state index in [1.165, 1.54) is 0 Å². The van der Waals surface area contributed by atoms with Crippen molar-refractivity contribution < 1.29 is 4.79 Å². The Hall–Kier alpha value is -3.46. The van der Waals surface area contributed by atoms with Gasteiger partial charge in [-0.2, -0.15) is 10.4 Å². The third-order valence-electron chi connectivity index (χ3n) is 4.71. The molecule has 136 valence electrons. The first-order valence-corrected chi connectivity index (χ1v) is 8.67. The molecule has 0 fully saturated rings. The number of nitriles is 1. The van der Waals surface area contributed by atoms with Crippen LogP contribution in [0.2, 0.25) is 0 Å². The molecule has 0 spiro atoms. The number of nitrogens with one attached hydrogen (secondary N) is 1. The summed E-state index contributed by atoms with van der Waals surface area (Å²) in [5.74, 6) is -0.336. The molecule has 27 heavy (non-hydrogen) atoms. The Morgan fingerprint density at radius 3 is 2.67 bits per heavy atom. The van der Waals surface area contributed by atoms with E-state index >= 15 is 0 Å².